The fraction of sp³-hybridized carbons (Fsp3) is 0.304. The highest BCUT2D eigenvalue weighted by Gasteiger charge is 2.24. The van der Waals surface area contributed by atoms with Crippen molar-refractivity contribution in [3.63, 3.8) is 0 Å². The van der Waals surface area contributed by atoms with Gasteiger partial charge in [0, 0.05) is 31.6 Å². The lowest BCUT2D eigenvalue weighted by Gasteiger charge is -2.31. The lowest BCUT2D eigenvalue weighted by Crippen LogP contribution is -2.46. The molecule has 1 N–H and O–H groups in total. The van der Waals surface area contributed by atoms with Crippen LogP contribution in [0.15, 0.2) is 53.7 Å². The third-order valence-electron chi connectivity index (χ3n) is 5.48. The van der Waals surface area contributed by atoms with Gasteiger partial charge in [0.1, 0.15) is 5.82 Å². The van der Waals surface area contributed by atoms with Crippen molar-refractivity contribution in [2.45, 2.75) is 31.0 Å². The normalized spacial score (nSPS) is 14.3. The molecule has 1 aromatic heterocycles. The van der Waals surface area contributed by atoms with Gasteiger partial charge in [-0.25, -0.2) is 4.39 Å². The number of nitrogens with one attached hydrogen (secondary N) is 1. The summed E-state index contributed by atoms with van der Waals surface area (Å²) < 4.78 is 16.3. The zero-order valence-corrected chi connectivity index (χ0v) is 19.6. The number of carbonyl (C=O) groups is 2. The highest BCUT2D eigenvalue weighted by molar-refractivity contribution is 7.99. The van der Waals surface area contributed by atoms with E-state index in [4.69, 9.17) is 11.6 Å². The van der Waals surface area contributed by atoms with E-state index in [1.54, 1.807) is 52.8 Å². The number of aromatic nitrogens is 3. The Kier molecular flexibility index (Phi) is 7.29. The molecular weight excluding hydrogens is 465 g/mol. The fourth-order valence-corrected chi connectivity index (χ4v) is 4.75. The zero-order chi connectivity index (χ0) is 23.4. The van der Waals surface area contributed by atoms with Gasteiger partial charge in [0.15, 0.2) is 11.0 Å². The Morgan fingerprint density at radius 1 is 1.12 bits per heavy atom. The van der Waals surface area contributed by atoms with Crippen LogP contribution < -0.4 is 5.32 Å². The van der Waals surface area contributed by atoms with E-state index in [2.05, 4.69) is 15.5 Å². The van der Waals surface area contributed by atoms with Crippen LogP contribution >= 0.6 is 23.4 Å². The van der Waals surface area contributed by atoms with Crippen LogP contribution in [0.3, 0.4) is 0 Å². The number of nitrogens with zero attached hydrogens (tertiary/aromatic N) is 4. The van der Waals surface area contributed by atoms with Crippen molar-refractivity contribution >= 4 is 35.2 Å². The summed E-state index contributed by atoms with van der Waals surface area (Å²) in [5.74, 6) is -0.0395. The van der Waals surface area contributed by atoms with Crippen molar-refractivity contribution < 1.29 is 14.0 Å². The minimum absolute atomic E-state index is 0.0248. The predicted octanol–water partition coefficient (Wildman–Crippen LogP) is 3.95. The summed E-state index contributed by atoms with van der Waals surface area (Å²) in [5.41, 5.74) is 0.889. The number of hydrogen-bond acceptors (Lipinski definition) is 5. The molecule has 2 amide bonds. The number of benzene rings is 2. The Hall–Kier alpha value is -2.91. The van der Waals surface area contributed by atoms with Crippen molar-refractivity contribution in [1.29, 1.82) is 0 Å². The van der Waals surface area contributed by atoms with Gasteiger partial charge in [-0.1, -0.05) is 47.6 Å². The number of thioether (sulfide) groups is 1. The van der Waals surface area contributed by atoms with Gasteiger partial charge < -0.3 is 10.2 Å². The molecule has 1 aliphatic heterocycles. The fourth-order valence-electron chi connectivity index (χ4n) is 3.77. The number of likely N-dealkylation sites (tertiary alicyclic amines) is 1. The molecule has 2 aromatic carbocycles. The largest absolute Gasteiger partial charge is 0.353 e. The molecule has 0 atom stereocenters. The van der Waals surface area contributed by atoms with E-state index in [9.17, 15) is 14.0 Å². The Morgan fingerprint density at radius 2 is 1.82 bits per heavy atom. The van der Waals surface area contributed by atoms with E-state index in [1.807, 2.05) is 6.07 Å². The van der Waals surface area contributed by atoms with Gasteiger partial charge in [0.2, 0.25) is 11.8 Å². The summed E-state index contributed by atoms with van der Waals surface area (Å²) in [6.07, 6.45) is 1.44. The van der Waals surface area contributed by atoms with Crippen molar-refractivity contribution in [1.82, 2.24) is 25.0 Å². The van der Waals surface area contributed by atoms with E-state index in [1.165, 1.54) is 17.8 Å². The highest BCUT2D eigenvalue weighted by atomic mass is 35.5. The minimum Gasteiger partial charge on any atom is -0.353 e. The van der Waals surface area contributed by atoms with Crippen LogP contribution in [0.5, 0.6) is 0 Å². The Morgan fingerprint density at radius 3 is 2.52 bits per heavy atom. The molecule has 1 fully saturated rings. The molecule has 2 heterocycles. The van der Waals surface area contributed by atoms with E-state index >= 15 is 0 Å². The molecule has 4 rings (SSSR count). The molecule has 0 bridgehead atoms. The maximum absolute atomic E-state index is 14.7. The molecule has 0 unspecified atom stereocenters. The minimum atomic E-state index is -0.436. The third kappa shape index (κ3) is 5.36. The molecule has 1 aliphatic rings. The molecule has 0 spiro atoms. The second kappa shape index (κ2) is 10.4. The predicted molar refractivity (Wildman–Crippen MR) is 126 cm³/mol. The lowest BCUT2D eigenvalue weighted by molar-refractivity contribution is -0.130. The molecule has 0 saturated carbocycles. The molecule has 3 aromatic rings. The first-order valence-electron chi connectivity index (χ1n) is 10.6. The van der Waals surface area contributed by atoms with Gasteiger partial charge in [-0.2, -0.15) is 0 Å². The van der Waals surface area contributed by atoms with Gasteiger partial charge in [-0.15, -0.1) is 10.2 Å². The van der Waals surface area contributed by atoms with Crippen molar-refractivity contribution in [3.8, 4) is 17.1 Å². The van der Waals surface area contributed by atoms with Gasteiger partial charge in [-0.3, -0.25) is 14.2 Å². The average Bonchev–Trinajstić information content (AvgIpc) is 3.22. The number of para-hydroxylation sites is 1. The molecule has 0 radical (unpaired) electrons. The molecule has 33 heavy (non-hydrogen) atoms. The Bertz CT molecular complexity index is 1160. The molecule has 0 aliphatic carbocycles. The summed E-state index contributed by atoms with van der Waals surface area (Å²) in [6.45, 7) is 2.82. The maximum Gasteiger partial charge on any atom is 0.230 e. The van der Waals surface area contributed by atoms with Crippen LogP contribution in [0.25, 0.3) is 17.1 Å². The Labute approximate surface area is 200 Å². The summed E-state index contributed by atoms with van der Waals surface area (Å²) in [4.78, 5) is 25.8. The summed E-state index contributed by atoms with van der Waals surface area (Å²) in [7, 11) is 0. The van der Waals surface area contributed by atoms with E-state index in [0.717, 1.165) is 12.8 Å². The molecular formula is C23H23ClFN5O2S. The number of piperidine rings is 1. The first-order chi connectivity index (χ1) is 15.9. The van der Waals surface area contributed by atoms with Crippen LogP contribution in [0, 0.1) is 5.82 Å². The van der Waals surface area contributed by atoms with Gasteiger partial charge in [0.05, 0.1) is 16.5 Å². The van der Waals surface area contributed by atoms with E-state index in [-0.39, 0.29) is 29.3 Å². The SMILES string of the molecule is CC(=O)N1CCC(NC(=O)CSc2nnc(-c3ccccc3Cl)n2-c2ccccc2F)CC1. The Balaban J connectivity index is 1.51. The molecule has 10 heteroatoms. The van der Waals surface area contributed by atoms with Crippen LogP contribution in [0.1, 0.15) is 19.8 Å². The van der Waals surface area contributed by atoms with Crippen LogP contribution in [-0.2, 0) is 9.59 Å². The molecule has 172 valence electrons. The second-order valence-corrected chi connectivity index (χ2v) is 9.06. The highest BCUT2D eigenvalue weighted by Crippen LogP contribution is 2.32. The molecule has 7 nitrogen and oxygen atoms in total. The first kappa shape index (κ1) is 23.3. The first-order valence-corrected chi connectivity index (χ1v) is 11.9. The standard InChI is InChI=1S/C23H23ClFN5O2S/c1-15(31)29-12-10-16(11-13-29)26-21(32)14-33-23-28-27-22(17-6-2-3-7-18(17)24)30(23)20-9-5-4-8-19(20)25/h2-9,16H,10-14H2,1H3,(H,26,32). The quantitative estimate of drug-likeness (QED) is 0.532. The molecule has 1 saturated heterocycles. The van der Waals surface area contributed by atoms with Crippen LogP contribution in [0.2, 0.25) is 5.02 Å². The number of rotatable bonds is 6. The monoisotopic (exact) mass is 487 g/mol. The van der Waals surface area contributed by atoms with E-state index < -0.39 is 5.82 Å². The van der Waals surface area contributed by atoms with Gasteiger partial charge in [0.25, 0.3) is 0 Å². The third-order valence-corrected chi connectivity index (χ3v) is 6.74. The topological polar surface area (TPSA) is 80.1 Å². The second-order valence-electron chi connectivity index (χ2n) is 7.71. The lowest BCUT2D eigenvalue weighted by atomic mass is 10.1. The van der Waals surface area contributed by atoms with Crippen molar-refractivity contribution in [2.75, 3.05) is 18.8 Å². The maximum atomic E-state index is 14.7. The smallest absolute Gasteiger partial charge is 0.230 e. The number of halogens is 2. The number of amides is 2. The zero-order valence-electron chi connectivity index (χ0n) is 18.0. The average molecular weight is 488 g/mol. The van der Waals surface area contributed by atoms with Crippen molar-refractivity contribution in [3.05, 3.63) is 59.4 Å². The summed E-state index contributed by atoms with van der Waals surface area (Å²) in [6, 6.07) is 13.5. The summed E-state index contributed by atoms with van der Waals surface area (Å²) >= 11 is 7.54. The van der Waals surface area contributed by atoms with Crippen LogP contribution in [-0.4, -0.2) is 56.4 Å². The summed E-state index contributed by atoms with van der Waals surface area (Å²) in [5, 5.41) is 12.3. The number of hydrogen-bond donors (Lipinski definition) is 1. The van der Waals surface area contributed by atoms with Gasteiger partial charge in [-0.05, 0) is 37.1 Å². The number of carbonyl (C=O) groups excluding carboxylic acids is 2. The van der Waals surface area contributed by atoms with Crippen molar-refractivity contribution in [2.24, 2.45) is 0 Å². The van der Waals surface area contributed by atoms with E-state index in [0.29, 0.717) is 34.7 Å². The van der Waals surface area contributed by atoms with Gasteiger partial charge >= 0.3 is 0 Å². The van der Waals surface area contributed by atoms with Crippen LogP contribution in [0.4, 0.5) is 4.39 Å².